The lowest BCUT2D eigenvalue weighted by Crippen LogP contribution is -2.05. The summed E-state index contributed by atoms with van der Waals surface area (Å²) in [5.74, 6) is 0.998. The molecule has 0 saturated heterocycles. The number of nitrogens with zero attached hydrogens (tertiary/aromatic N) is 1. The molecule has 3 aromatic rings. The molecular weight excluding hydrogens is 541 g/mol. The van der Waals surface area contributed by atoms with Gasteiger partial charge in [0, 0.05) is 10.6 Å². The van der Waals surface area contributed by atoms with E-state index in [4.69, 9.17) is 25.8 Å². The lowest BCUT2D eigenvalue weighted by molar-refractivity contribution is -0.129. The number of cyclic esters (lactones) is 1. The summed E-state index contributed by atoms with van der Waals surface area (Å²) in [4.78, 5) is 16.7. The van der Waals surface area contributed by atoms with Gasteiger partial charge in [0.2, 0.25) is 5.90 Å². The number of aryl methyl sites for hydroxylation is 1. The van der Waals surface area contributed by atoms with E-state index in [1.165, 1.54) is 0 Å². The van der Waals surface area contributed by atoms with Crippen molar-refractivity contribution in [3.05, 3.63) is 97.2 Å². The van der Waals surface area contributed by atoms with E-state index >= 15 is 0 Å². The van der Waals surface area contributed by atoms with E-state index in [1.807, 2.05) is 61.5 Å². The summed E-state index contributed by atoms with van der Waals surface area (Å²) in [6.07, 6.45) is 1.68. The van der Waals surface area contributed by atoms with Gasteiger partial charge in [-0.2, -0.15) is 0 Å². The van der Waals surface area contributed by atoms with Gasteiger partial charge in [-0.3, -0.25) is 0 Å². The molecule has 4 rings (SSSR count). The molecule has 0 aromatic heterocycles. The first-order valence-electron chi connectivity index (χ1n) is 9.77. The summed E-state index contributed by atoms with van der Waals surface area (Å²) in [5.41, 5.74) is 3.85. The average molecular weight is 560 g/mol. The predicted molar refractivity (Wildman–Crippen MR) is 133 cm³/mol. The van der Waals surface area contributed by atoms with Crippen molar-refractivity contribution in [2.24, 2.45) is 4.99 Å². The zero-order valence-electron chi connectivity index (χ0n) is 17.4. The number of aliphatic imine (C=N–C) groups is 1. The smallest absolute Gasteiger partial charge is 0.363 e. The molecule has 5 nitrogen and oxygen atoms in total. The Labute approximate surface area is 204 Å². The second kappa shape index (κ2) is 9.75. The van der Waals surface area contributed by atoms with Gasteiger partial charge in [0.05, 0.1) is 10.7 Å². The molecule has 1 aliphatic rings. The number of ether oxygens (including phenoxy) is 3. The van der Waals surface area contributed by atoms with Gasteiger partial charge in [0.25, 0.3) is 0 Å². The van der Waals surface area contributed by atoms with E-state index in [1.54, 1.807) is 19.3 Å². The van der Waals surface area contributed by atoms with Crippen LogP contribution in [0.25, 0.3) is 6.08 Å². The number of methoxy groups -OCH3 is 1. The van der Waals surface area contributed by atoms with Crippen molar-refractivity contribution in [2.45, 2.75) is 13.5 Å². The van der Waals surface area contributed by atoms with Crippen LogP contribution in [0.15, 0.2) is 71.4 Å². The molecule has 0 aliphatic carbocycles. The minimum absolute atomic E-state index is 0.230. The topological polar surface area (TPSA) is 57.1 Å². The zero-order chi connectivity index (χ0) is 22.7. The molecule has 0 N–H and O–H groups in total. The number of hydrogen-bond acceptors (Lipinski definition) is 5. The summed E-state index contributed by atoms with van der Waals surface area (Å²) in [5, 5.41) is 0.678. The summed E-state index contributed by atoms with van der Waals surface area (Å²) in [6, 6.07) is 18.8. The van der Waals surface area contributed by atoms with Gasteiger partial charge in [0.1, 0.15) is 6.61 Å². The van der Waals surface area contributed by atoms with Gasteiger partial charge in [-0.1, -0.05) is 41.4 Å². The van der Waals surface area contributed by atoms with Gasteiger partial charge in [-0.25, -0.2) is 9.79 Å². The molecule has 0 radical (unpaired) electrons. The maximum Gasteiger partial charge on any atom is 0.363 e. The number of benzene rings is 3. The Balaban J connectivity index is 1.58. The van der Waals surface area contributed by atoms with Crippen LogP contribution in [0, 0.1) is 10.5 Å². The maximum atomic E-state index is 12.3. The van der Waals surface area contributed by atoms with E-state index in [2.05, 4.69) is 27.6 Å². The van der Waals surface area contributed by atoms with Crippen LogP contribution in [0.3, 0.4) is 0 Å². The van der Waals surface area contributed by atoms with E-state index in [9.17, 15) is 4.79 Å². The van der Waals surface area contributed by atoms with E-state index < -0.39 is 5.97 Å². The lowest BCUT2D eigenvalue weighted by atomic mass is 10.1. The first-order chi connectivity index (χ1) is 15.4. The van der Waals surface area contributed by atoms with Crippen LogP contribution in [-0.2, 0) is 16.1 Å². The molecular formula is C25H19ClINO4. The van der Waals surface area contributed by atoms with Crippen LogP contribution in [0.1, 0.15) is 22.3 Å². The molecule has 0 atom stereocenters. The van der Waals surface area contributed by atoms with Crippen LogP contribution in [-0.4, -0.2) is 19.0 Å². The van der Waals surface area contributed by atoms with Crippen molar-refractivity contribution in [3.63, 3.8) is 0 Å². The third-order valence-electron chi connectivity index (χ3n) is 4.77. The fourth-order valence-corrected chi connectivity index (χ4v) is 3.99. The lowest BCUT2D eigenvalue weighted by Gasteiger charge is -2.14. The van der Waals surface area contributed by atoms with Crippen LogP contribution < -0.4 is 9.47 Å². The van der Waals surface area contributed by atoms with Gasteiger partial charge in [-0.15, -0.1) is 0 Å². The quantitative estimate of drug-likeness (QED) is 0.205. The minimum atomic E-state index is -0.488. The number of carbonyl (C=O) groups is 1. The average Bonchev–Trinajstić information content (AvgIpc) is 3.14. The molecule has 7 heteroatoms. The van der Waals surface area contributed by atoms with Crippen LogP contribution in [0.5, 0.6) is 11.5 Å². The second-order valence-corrected chi connectivity index (χ2v) is 8.75. The van der Waals surface area contributed by atoms with Crippen molar-refractivity contribution in [3.8, 4) is 11.5 Å². The van der Waals surface area contributed by atoms with E-state index in [0.717, 1.165) is 25.8 Å². The largest absolute Gasteiger partial charge is 0.493 e. The molecule has 162 valence electrons. The Morgan fingerprint density at radius 1 is 1.09 bits per heavy atom. The molecule has 0 fully saturated rings. The number of carbonyl (C=O) groups excluding carboxylic acids is 1. The monoisotopic (exact) mass is 559 g/mol. The fourth-order valence-electron chi connectivity index (χ4n) is 3.09. The number of halogens is 2. The molecule has 3 aromatic carbocycles. The molecule has 0 spiro atoms. The van der Waals surface area contributed by atoms with Gasteiger partial charge < -0.3 is 14.2 Å². The molecule has 0 bridgehead atoms. The summed E-state index contributed by atoms with van der Waals surface area (Å²) >= 11 is 8.12. The van der Waals surface area contributed by atoms with Crippen LogP contribution in [0.2, 0.25) is 5.02 Å². The highest BCUT2D eigenvalue weighted by Crippen LogP contribution is 2.35. The van der Waals surface area contributed by atoms with Crippen molar-refractivity contribution in [1.29, 1.82) is 0 Å². The molecule has 32 heavy (non-hydrogen) atoms. The minimum Gasteiger partial charge on any atom is -0.493 e. The van der Waals surface area contributed by atoms with Crippen LogP contribution >= 0.6 is 34.2 Å². The Bertz CT molecular complexity index is 1220. The Kier molecular flexibility index (Phi) is 6.81. The number of rotatable bonds is 6. The molecule has 1 aliphatic heterocycles. The summed E-state index contributed by atoms with van der Waals surface area (Å²) < 4.78 is 17.7. The van der Waals surface area contributed by atoms with Gasteiger partial charge >= 0.3 is 5.97 Å². The standard InChI is InChI=1S/C25H19ClINO4/c1-15-3-7-18(8-4-15)24-28-21(25(29)32-24)12-17-11-20(27)23(22(13-17)30-2)31-14-16-5-9-19(26)10-6-16/h3-13H,14H2,1-2H3/b21-12-. The van der Waals surface area contributed by atoms with E-state index in [-0.39, 0.29) is 5.70 Å². The van der Waals surface area contributed by atoms with Crippen molar-refractivity contribution >= 4 is 52.1 Å². The maximum absolute atomic E-state index is 12.3. The highest BCUT2D eigenvalue weighted by Gasteiger charge is 2.24. The summed E-state index contributed by atoms with van der Waals surface area (Å²) in [6.45, 7) is 2.37. The molecule has 0 unspecified atom stereocenters. The summed E-state index contributed by atoms with van der Waals surface area (Å²) in [7, 11) is 1.58. The van der Waals surface area contributed by atoms with Crippen molar-refractivity contribution in [1.82, 2.24) is 0 Å². The Hall–Kier alpha value is -2.84. The van der Waals surface area contributed by atoms with Crippen molar-refractivity contribution < 1.29 is 19.0 Å². The first kappa shape index (κ1) is 22.4. The second-order valence-electron chi connectivity index (χ2n) is 7.15. The predicted octanol–water partition coefficient (Wildman–Crippen LogP) is 6.19. The molecule has 0 saturated carbocycles. The number of esters is 1. The van der Waals surface area contributed by atoms with Gasteiger partial charge in [-0.05, 0) is 83.1 Å². The highest BCUT2D eigenvalue weighted by molar-refractivity contribution is 14.1. The zero-order valence-corrected chi connectivity index (χ0v) is 20.3. The number of hydrogen-bond donors (Lipinski definition) is 0. The third-order valence-corrected chi connectivity index (χ3v) is 5.82. The Morgan fingerprint density at radius 2 is 1.81 bits per heavy atom. The SMILES string of the molecule is COc1cc(/C=C2\N=C(c3ccc(C)cc3)OC2=O)cc(I)c1OCc1ccc(Cl)cc1. The molecule has 1 heterocycles. The van der Waals surface area contributed by atoms with Crippen molar-refractivity contribution in [2.75, 3.05) is 7.11 Å². The van der Waals surface area contributed by atoms with Crippen LogP contribution in [0.4, 0.5) is 0 Å². The van der Waals surface area contributed by atoms with E-state index in [0.29, 0.717) is 29.0 Å². The third kappa shape index (κ3) is 5.14. The first-order valence-corrected chi connectivity index (χ1v) is 11.2. The molecule has 0 amide bonds. The Morgan fingerprint density at radius 3 is 2.50 bits per heavy atom. The highest BCUT2D eigenvalue weighted by atomic mass is 127. The normalized spacial score (nSPS) is 14.3. The fraction of sp³-hybridized carbons (Fsp3) is 0.120. The van der Waals surface area contributed by atoms with Gasteiger partial charge in [0.15, 0.2) is 17.2 Å².